The molecule has 1 aliphatic heterocycles. The maximum atomic E-state index is 13.4. The fraction of sp³-hybridized carbons (Fsp3) is 0.407. The van der Waals surface area contributed by atoms with E-state index in [1.165, 1.54) is 5.56 Å². The zero-order valence-electron chi connectivity index (χ0n) is 18.4. The second-order valence-electron chi connectivity index (χ2n) is 9.12. The van der Waals surface area contributed by atoms with Gasteiger partial charge in [0.25, 0.3) is 0 Å². The second-order valence-corrected chi connectivity index (χ2v) is 9.12. The molecule has 4 nitrogen and oxygen atoms in total. The molecule has 1 N–H and O–H groups in total. The van der Waals surface area contributed by atoms with Crippen molar-refractivity contribution in [1.29, 1.82) is 0 Å². The highest BCUT2D eigenvalue weighted by Crippen LogP contribution is 2.39. The lowest BCUT2D eigenvalue weighted by molar-refractivity contribution is -0.142. The highest BCUT2D eigenvalue weighted by molar-refractivity contribution is 5.86. The third-order valence-corrected chi connectivity index (χ3v) is 6.61. The SMILES string of the molecule is C=CCNC(=O)[C@@]1(Cc2ccccc2-c2ccc(C)cc2)CCCN(C(=O)C2CC2)C1. The Hall–Kier alpha value is -2.88. The Morgan fingerprint density at radius 1 is 1.16 bits per heavy atom. The molecule has 2 amide bonds. The normalized spacial score (nSPS) is 20.9. The van der Waals surface area contributed by atoms with Gasteiger partial charge in [-0.15, -0.1) is 6.58 Å². The molecule has 2 aliphatic rings. The van der Waals surface area contributed by atoms with Crippen molar-refractivity contribution in [2.24, 2.45) is 11.3 Å². The molecule has 0 bridgehead atoms. The van der Waals surface area contributed by atoms with Gasteiger partial charge in [0.15, 0.2) is 0 Å². The molecular formula is C27H32N2O2. The summed E-state index contributed by atoms with van der Waals surface area (Å²) in [6.45, 7) is 7.52. The average Bonchev–Trinajstić information content (AvgIpc) is 3.63. The molecule has 1 saturated carbocycles. The molecule has 2 aromatic rings. The minimum absolute atomic E-state index is 0.0272. The molecule has 0 spiro atoms. The van der Waals surface area contributed by atoms with Crippen LogP contribution in [0.1, 0.15) is 36.8 Å². The van der Waals surface area contributed by atoms with Gasteiger partial charge >= 0.3 is 0 Å². The van der Waals surface area contributed by atoms with Crippen LogP contribution >= 0.6 is 0 Å². The molecule has 1 saturated heterocycles. The lowest BCUT2D eigenvalue weighted by Gasteiger charge is -2.42. The van der Waals surface area contributed by atoms with E-state index in [0.29, 0.717) is 19.5 Å². The van der Waals surface area contributed by atoms with E-state index < -0.39 is 5.41 Å². The number of aryl methyl sites for hydroxylation is 1. The van der Waals surface area contributed by atoms with Gasteiger partial charge in [-0.3, -0.25) is 9.59 Å². The summed E-state index contributed by atoms with van der Waals surface area (Å²) in [7, 11) is 0. The first-order valence-electron chi connectivity index (χ1n) is 11.4. The number of amides is 2. The Morgan fingerprint density at radius 2 is 1.90 bits per heavy atom. The molecule has 2 fully saturated rings. The van der Waals surface area contributed by atoms with E-state index in [9.17, 15) is 9.59 Å². The van der Waals surface area contributed by atoms with Crippen molar-refractivity contribution in [2.75, 3.05) is 19.6 Å². The van der Waals surface area contributed by atoms with Gasteiger partial charge in [0.1, 0.15) is 0 Å². The topological polar surface area (TPSA) is 49.4 Å². The molecule has 0 unspecified atom stereocenters. The summed E-state index contributed by atoms with van der Waals surface area (Å²) in [6.07, 6.45) is 5.94. The molecule has 162 valence electrons. The van der Waals surface area contributed by atoms with Crippen LogP contribution in [0.5, 0.6) is 0 Å². The molecule has 1 aliphatic carbocycles. The van der Waals surface area contributed by atoms with Gasteiger partial charge in [0.2, 0.25) is 11.8 Å². The number of hydrogen-bond acceptors (Lipinski definition) is 2. The maximum Gasteiger partial charge on any atom is 0.228 e. The molecule has 1 atom stereocenters. The summed E-state index contributed by atoms with van der Waals surface area (Å²) in [5, 5.41) is 3.04. The standard InChI is InChI=1S/C27H32N2O2/c1-3-16-28-26(31)27(15-6-17-29(19-27)25(30)22-13-14-22)18-23-7-4-5-8-24(23)21-11-9-20(2)10-12-21/h3-5,7-12,22H,1,6,13-19H2,2H3,(H,28,31)/t27-/m1/s1. The lowest BCUT2D eigenvalue weighted by Crippen LogP contribution is -2.54. The van der Waals surface area contributed by atoms with Gasteiger partial charge in [-0.25, -0.2) is 0 Å². The third-order valence-electron chi connectivity index (χ3n) is 6.61. The molecule has 1 heterocycles. The zero-order chi connectivity index (χ0) is 21.8. The van der Waals surface area contributed by atoms with Crippen molar-refractivity contribution in [1.82, 2.24) is 10.2 Å². The lowest BCUT2D eigenvalue weighted by atomic mass is 9.73. The number of carbonyl (C=O) groups is 2. The summed E-state index contributed by atoms with van der Waals surface area (Å²) < 4.78 is 0. The molecule has 2 aromatic carbocycles. The number of piperidine rings is 1. The number of benzene rings is 2. The Kier molecular flexibility index (Phi) is 6.26. The molecular weight excluding hydrogens is 384 g/mol. The first-order chi connectivity index (χ1) is 15.0. The number of nitrogens with zero attached hydrogens (tertiary/aromatic N) is 1. The Labute approximate surface area is 185 Å². The fourth-order valence-electron chi connectivity index (χ4n) is 4.72. The van der Waals surface area contributed by atoms with Gasteiger partial charge in [0, 0.05) is 25.6 Å². The van der Waals surface area contributed by atoms with Gasteiger partial charge in [-0.1, -0.05) is 60.2 Å². The number of carbonyl (C=O) groups excluding carboxylic acids is 2. The number of likely N-dealkylation sites (tertiary alicyclic amines) is 1. The van der Waals surface area contributed by atoms with Crippen LogP contribution in [-0.2, 0) is 16.0 Å². The largest absolute Gasteiger partial charge is 0.352 e. The van der Waals surface area contributed by atoms with Crippen molar-refractivity contribution >= 4 is 11.8 Å². The van der Waals surface area contributed by atoms with Crippen LogP contribution < -0.4 is 5.32 Å². The van der Waals surface area contributed by atoms with Crippen LogP contribution in [0.25, 0.3) is 11.1 Å². The van der Waals surface area contributed by atoms with E-state index in [1.807, 2.05) is 17.0 Å². The van der Waals surface area contributed by atoms with E-state index in [4.69, 9.17) is 0 Å². The number of rotatable bonds is 7. The van der Waals surface area contributed by atoms with Crippen LogP contribution in [0.3, 0.4) is 0 Å². The van der Waals surface area contributed by atoms with E-state index >= 15 is 0 Å². The van der Waals surface area contributed by atoms with E-state index in [-0.39, 0.29) is 17.7 Å². The van der Waals surface area contributed by atoms with Crippen LogP contribution in [0.15, 0.2) is 61.2 Å². The van der Waals surface area contributed by atoms with Crippen LogP contribution in [0.4, 0.5) is 0 Å². The third kappa shape index (κ3) is 4.73. The molecule has 31 heavy (non-hydrogen) atoms. The second kappa shape index (κ2) is 9.09. The summed E-state index contributed by atoms with van der Waals surface area (Å²) >= 11 is 0. The molecule has 0 radical (unpaired) electrons. The van der Waals surface area contributed by atoms with Crippen molar-refractivity contribution < 1.29 is 9.59 Å². The average molecular weight is 417 g/mol. The van der Waals surface area contributed by atoms with Crippen LogP contribution in [0, 0.1) is 18.3 Å². The quantitative estimate of drug-likeness (QED) is 0.675. The zero-order valence-corrected chi connectivity index (χ0v) is 18.4. The molecule has 0 aromatic heterocycles. The van der Waals surface area contributed by atoms with Gasteiger partial charge in [-0.05, 0) is 55.7 Å². The minimum atomic E-state index is -0.618. The van der Waals surface area contributed by atoms with Gasteiger partial charge in [0.05, 0.1) is 5.41 Å². The van der Waals surface area contributed by atoms with Gasteiger partial charge in [-0.2, -0.15) is 0 Å². The van der Waals surface area contributed by atoms with Crippen LogP contribution in [0.2, 0.25) is 0 Å². The van der Waals surface area contributed by atoms with E-state index in [1.54, 1.807) is 6.08 Å². The fourth-order valence-corrected chi connectivity index (χ4v) is 4.72. The first-order valence-corrected chi connectivity index (χ1v) is 11.4. The van der Waals surface area contributed by atoms with Gasteiger partial charge < -0.3 is 10.2 Å². The Bertz CT molecular complexity index is 961. The predicted octanol–water partition coefficient (Wildman–Crippen LogP) is 4.53. The summed E-state index contributed by atoms with van der Waals surface area (Å²) in [4.78, 5) is 28.2. The Balaban J connectivity index is 1.67. The first kappa shape index (κ1) is 21.4. The predicted molar refractivity (Wildman–Crippen MR) is 124 cm³/mol. The monoisotopic (exact) mass is 416 g/mol. The van der Waals surface area contributed by atoms with E-state index in [0.717, 1.165) is 48.9 Å². The highest BCUT2D eigenvalue weighted by atomic mass is 16.2. The van der Waals surface area contributed by atoms with Crippen molar-refractivity contribution in [2.45, 2.75) is 39.0 Å². The van der Waals surface area contributed by atoms with E-state index in [2.05, 4.69) is 55.2 Å². The van der Waals surface area contributed by atoms with Crippen molar-refractivity contribution in [3.05, 3.63) is 72.3 Å². The summed E-state index contributed by atoms with van der Waals surface area (Å²) in [6, 6.07) is 16.9. The molecule has 4 heteroatoms. The smallest absolute Gasteiger partial charge is 0.228 e. The minimum Gasteiger partial charge on any atom is -0.352 e. The molecule has 4 rings (SSSR count). The highest BCUT2D eigenvalue weighted by Gasteiger charge is 2.45. The number of hydrogen-bond donors (Lipinski definition) is 1. The van der Waals surface area contributed by atoms with Crippen LogP contribution in [-0.4, -0.2) is 36.3 Å². The summed E-state index contributed by atoms with van der Waals surface area (Å²) in [5.41, 5.74) is 4.07. The van der Waals surface area contributed by atoms with Crippen molar-refractivity contribution in [3.63, 3.8) is 0 Å². The van der Waals surface area contributed by atoms with Crippen molar-refractivity contribution in [3.8, 4) is 11.1 Å². The maximum absolute atomic E-state index is 13.4. The summed E-state index contributed by atoms with van der Waals surface area (Å²) in [5.74, 6) is 0.429. The number of nitrogens with one attached hydrogen (secondary N) is 1. The Morgan fingerprint density at radius 3 is 2.61 bits per heavy atom.